The van der Waals surface area contributed by atoms with E-state index in [1.807, 2.05) is 0 Å². The Labute approximate surface area is 326 Å². The van der Waals surface area contributed by atoms with Gasteiger partial charge >= 0.3 is 236 Å². The molecule has 12 nitrogen and oxygen atoms in total. The predicted molar refractivity (Wildman–Crippen MR) is 37.2 cm³/mol. The second-order valence-corrected chi connectivity index (χ2v) is 2.68. The second-order valence-electron chi connectivity index (χ2n) is 0.894. The molecule has 24 heteroatoms. The second kappa shape index (κ2) is 76.9. The molecule has 0 aliphatic heterocycles. The van der Waals surface area contributed by atoms with E-state index >= 15 is 0 Å². The third kappa shape index (κ3) is 445. The molecule has 0 radical (unpaired) electrons. The van der Waals surface area contributed by atoms with Crippen LogP contribution in [0.5, 0.6) is 0 Å². The molecule has 0 rings (SSSR count). The molecular weight excluding hydrogens is 512 g/mol. The summed E-state index contributed by atoms with van der Waals surface area (Å²) >= 11 is 0. The van der Waals surface area contributed by atoms with Gasteiger partial charge in [0.25, 0.3) is 33.0 Å². The molecule has 0 aromatic carbocycles. The summed E-state index contributed by atoms with van der Waals surface area (Å²) in [7, 11) is -13.5. The van der Waals surface area contributed by atoms with Gasteiger partial charge in [-0.2, -0.15) is 0 Å². The molecule has 0 aliphatic carbocycles. The van der Waals surface area contributed by atoms with Crippen molar-refractivity contribution in [3.63, 3.8) is 0 Å². The maximum atomic E-state index is 8.48. The van der Waals surface area contributed by atoms with Crippen LogP contribution in [0.4, 0.5) is 0 Å². The Hall–Kier alpha value is 8.08. The molecule has 104 valence electrons. The Morgan fingerprint density at radius 2 is 0.320 bits per heavy atom. The first-order valence-electron chi connectivity index (χ1n) is 2.19. The van der Waals surface area contributed by atoms with Crippen LogP contribution >= 0.6 is 33.0 Å². The minimum atomic E-state index is -3.37. The monoisotopic (exact) mass is 516 g/mol. The predicted octanol–water partition coefficient (Wildman–Crippen LogP) is -29.9. The van der Waals surface area contributed by atoms with Crippen LogP contribution in [0.1, 0.15) is 7.43 Å². The van der Waals surface area contributed by atoms with Crippen molar-refractivity contribution in [3.8, 4) is 0 Å². The van der Waals surface area contributed by atoms with Gasteiger partial charge in [0.1, 0.15) is 0 Å². The number of hydrogen-bond acceptors (Lipinski definition) is 12. The van der Waals surface area contributed by atoms with Crippen LogP contribution in [0.25, 0.3) is 0 Å². The molecule has 0 N–H and O–H groups in total. The first-order valence-corrected chi connectivity index (χ1v) is 6.57. The van der Waals surface area contributed by atoms with Crippen LogP contribution in [-0.2, 0) is 18.3 Å². The molecule has 0 spiro atoms. The Balaban J connectivity index is -0.00000000623. The average molecular weight is 516 g/mol. The molecule has 0 atom stereocenters. The van der Waals surface area contributed by atoms with Gasteiger partial charge in [0.05, 0.1) is 0 Å². The van der Waals surface area contributed by atoms with Crippen molar-refractivity contribution in [2.45, 2.75) is 7.43 Å². The van der Waals surface area contributed by atoms with E-state index in [0.717, 1.165) is 0 Å². The number of hydrogen-bond donors (Lipinski definition) is 0. The zero-order valence-corrected chi connectivity index (χ0v) is 34.3. The van der Waals surface area contributed by atoms with E-state index in [4.69, 9.17) is 57.4 Å². The Kier molecular flexibility index (Phi) is 260. The van der Waals surface area contributed by atoms with Gasteiger partial charge in [-0.15, -0.1) is 0 Å². The van der Waals surface area contributed by atoms with E-state index < -0.39 is 33.0 Å². The molecule has 0 heterocycles. The van der Waals surface area contributed by atoms with Crippen molar-refractivity contribution in [1.82, 2.24) is 0 Å². The molecule has 0 saturated heterocycles. The fourth-order valence-electron chi connectivity index (χ4n) is 0. The third-order valence-corrected chi connectivity index (χ3v) is 0. The van der Waals surface area contributed by atoms with Crippen LogP contribution in [0.2, 0.25) is 0 Å². The van der Waals surface area contributed by atoms with Gasteiger partial charge in [-0.1, -0.05) is 25.7 Å². The van der Waals surface area contributed by atoms with Crippen LogP contribution in [-0.4, -0.2) is 0 Å². The summed E-state index contributed by atoms with van der Waals surface area (Å²) in [5, 5.41) is 0. The smallest absolute Gasteiger partial charge is 0.598 e. The molecule has 0 aromatic rings. The van der Waals surface area contributed by atoms with Gasteiger partial charge < -0.3 is 39.1 Å². The zero-order chi connectivity index (χ0) is 14.3. The van der Waals surface area contributed by atoms with Crippen molar-refractivity contribution < 1.29 is 294 Å². The summed E-state index contributed by atoms with van der Waals surface area (Å²) in [4.78, 5) is 67.9. The summed E-state index contributed by atoms with van der Waals surface area (Å²) in [6.07, 6.45) is 0. The van der Waals surface area contributed by atoms with E-state index in [1.165, 1.54) is 0 Å². The van der Waals surface area contributed by atoms with Crippen molar-refractivity contribution in [2.24, 2.45) is 0 Å². The largest absolute Gasteiger partial charge is 1.00 e. The first kappa shape index (κ1) is 84.4. The van der Waals surface area contributed by atoms with E-state index in [9.17, 15) is 0 Å². The normalized spacial score (nSPS) is 4.16. The van der Waals surface area contributed by atoms with Gasteiger partial charge in [-0.25, -0.2) is 0 Å². The van der Waals surface area contributed by atoms with E-state index in [0.29, 0.717) is 0 Å². The molecule has 0 aromatic heterocycles. The fourth-order valence-corrected chi connectivity index (χ4v) is 0. The maximum Gasteiger partial charge on any atom is 1.00 e. The standard InChI is InChI=1S/CH4.8Na.4HO3P/c;;;;;;;;;4*1-4(2)3/h1H4;;;;;;;;;4*(H,1,2,3)/q;8*+1;;;;/p-4. The zero-order valence-electron chi connectivity index (χ0n) is 14.7. The van der Waals surface area contributed by atoms with Gasteiger partial charge in [-0.05, 0) is 0 Å². The van der Waals surface area contributed by atoms with Crippen molar-refractivity contribution in [1.29, 1.82) is 0 Å². The van der Waals surface area contributed by atoms with Crippen LogP contribution in [0, 0.1) is 0 Å². The first-order chi connectivity index (χ1) is 6.93. The summed E-state index contributed by atoms with van der Waals surface area (Å²) < 4.78 is 33.9. The molecule has 0 aliphatic rings. The fraction of sp³-hybridized carbons (Fsp3) is 1.00. The number of rotatable bonds is 0. The maximum absolute atomic E-state index is 8.48. The molecule has 0 amide bonds. The Morgan fingerprint density at radius 1 is 0.320 bits per heavy atom. The molecule has 0 unspecified atom stereocenters. The van der Waals surface area contributed by atoms with Gasteiger partial charge in [0, 0.05) is 0 Å². The summed E-state index contributed by atoms with van der Waals surface area (Å²) in [5.41, 5.74) is 0. The van der Waals surface area contributed by atoms with Gasteiger partial charge in [-0.3, -0.25) is 0 Å². The minimum absolute atomic E-state index is 0. The molecular formula is CH4Na8O12P4+4. The molecule has 0 fully saturated rings. The van der Waals surface area contributed by atoms with Crippen LogP contribution in [0.3, 0.4) is 0 Å². The van der Waals surface area contributed by atoms with Gasteiger partial charge in [0.2, 0.25) is 0 Å². The molecule has 25 heavy (non-hydrogen) atoms. The SMILES string of the molecule is C.O=[P+]([O-])[O-].O=[P+]([O-])[O-].O=[P+]([O-])[O-].O=[P+]([O-])[O-].[Na+].[Na+].[Na+].[Na+].[Na+].[Na+].[Na+].[Na+]. The third-order valence-electron chi connectivity index (χ3n) is 0. The van der Waals surface area contributed by atoms with E-state index in [2.05, 4.69) is 0 Å². The van der Waals surface area contributed by atoms with Crippen molar-refractivity contribution in [3.05, 3.63) is 0 Å². The van der Waals surface area contributed by atoms with E-state index in [1.54, 1.807) is 0 Å². The van der Waals surface area contributed by atoms with Crippen LogP contribution in [0.15, 0.2) is 0 Å². The quantitative estimate of drug-likeness (QED) is 0.215. The topological polar surface area (TPSA) is 253 Å². The van der Waals surface area contributed by atoms with Crippen LogP contribution < -0.4 is 276 Å². The Morgan fingerprint density at radius 3 is 0.320 bits per heavy atom. The molecule has 0 bridgehead atoms. The van der Waals surface area contributed by atoms with E-state index in [-0.39, 0.29) is 244 Å². The summed E-state index contributed by atoms with van der Waals surface area (Å²) in [6.45, 7) is 0. The Bertz CT molecular complexity index is 181. The van der Waals surface area contributed by atoms with Crippen molar-refractivity contribution in [2.75, 3.05) is 0 Å². The van der Waals surface area contributed by atoms with Gasteiger partial charge in [0.15, 0.2) is 0 Å². The summed E-state index contributed by atoms with van der Waals surface area (Å²) in [6, 6.07) is 0. The summed E-state index contributed by atoms with van der Waals surface area (Å²) in [5.74, 6) is 0. The average Bonchev–Trinajstić information content (AvgIpc) is 1.76. The minimum Gasteiger partial charge on any atom is -0.598 e. The van der Waals surface area contributed by atoms with Crippen molar-refractivity contribution >= 4 is 33.0 Å². The molecule has 0 saturated carbocycles.